The highest BCUT2D eigenvalue weighted by Crippen LogP contribution is 2.43. The number of hydrogen-bond acceptors (Lipinski definition) is 3. The molecule has 1 aliphatic rings. The molecule has 6 rings (SSSR count). The molecule has 44 heavy (non-hydrogen) atoms. The minimum atomic E-state index is -0.263. The molecule has 2 amide bonds. The number of rotatable bonds is 5. The zero-order valence-corrected chi connectivity index (χ0v) is 25.1. The molecule has 1 aliphatic carbocycles. The summed E-state index contributed by atoms with van der Waals surface area (Å²) in [6, 6.07) is 35.7. The molecule has 218 valence electrons. The van der Waals surface area contributed by atoms with Gasteiger partial charge in [0.05, 0.1) is 11.1 Å². The first-order chi connectivity index (χ1) is 21.3. The zero-order chi connectivity index (χ0) is 30.5. The predicted octanol–water partition coefficient (Wildman–Crippen LogP) is 8.77. The van der Waals surface area contributed by atoms with Gasteiger partial charge in [-0.1, -0.05) is 78.7 Å². The van der Waals surface area contributed by atoms with Crippen LogP contribution in [0.4, 0.5) is 11.4 Å². The largest absolute Gasteiger partial charge is 0.322 e. The molecular weight excluding hydrogens is 542 g/mol. The third kappa shape index (κ3) is 6.71. The van der Waals surface area contributed by atoms with Crippen LogP contribution in [0.1, 0.15) is 60.1 Å². The quantitative estimate of drug-likeness (QED) is 0.205. The maximum absolute atomic E-state index is 13.1. The summed E-state index contributed by atoms with van der Waals surface area (Å²) in [6.07, 6.45) is 4.00. The van der Waals surface area contributed by atoms with E-state index < -0.39 is 0 Å². The van der Waals surface area contributed by atoms with Crippen LogP contribution in [0.3, 0.4) is 0 Å². The average molecular weight is 578 g/mol. The Morgan fingerprint density at radius 1 is 0.773 bits per heavy atom. The third-order valence-corrected chi connectivity index (χ3v) is 8.53. The number of fused-ring (bicyclic) bond motifs is 1. The second kappa shape index (κ2) is 12.6. The first-order valence-electron chi connectivity index (χ1n) is 15.1. The minimum absolute atomic E-state index is 0.145. The van der Waals surface area contributed by atoms with E-state index in [-0.39, 0.29) is 17.2 Å². The van der Waals surface area contributed by atoms with Gasteiger partial charge < -0.3 is 10.6 Å². The number of pyridine rings is 1. The number of carbonyl (C=O) groups is 2. The van der Waals surface area contributed by atoms with Gasteiger partial charge in [-0.25, -0.2) is 0 Å². The standard InChI is InChI=1S/C39H35N3O2/c1-27-25-35(38(44)42-33-11-7-4-8-12-33)34-18-17-31(26-36(34)40-27)29-15-13-28(14-16-29)30-19-22-39(2,23-20-30)24-21-37(43)41-32-9-5-3-6-10-32/h3-18,25-26,30H,19-20,22-23H2,1-2H3,(H,41,43)(H,42,44). The number of para-hydroxylation sites is 2. The smallest absolute Gasteiger partial charge is 0.300 e. The SMILES string of the molecule is Cc1cc(C(=O)Nc2ccccc2)c2ccc(-c3ccc(C4CCC(C)(C#CC(=O)Nc5ccccc5)CC4)cc3)cc2n1. The normalized spacial score (nSPS) is 17.7. The second-order valence-corrected chi connectivity index (χ2v) is 11.9. The van der Waals surface area contributed by atoms with E-state index in [9.17, 15) is 9.59 Å². The molecule has 0 aliphatic heterocycles. The number of carbonyl (C=O) groups excluding carboxylic acids is 2. The van der Waals surface area contributed by atoms with Crippen molar-refractivity contribution in [2.75, 3.05) is 10.6 Å². The summed E-state index contributed by atoms with van der Waals surface area (Å²) in [7, 11) is 0. The Morgan fingerprint density at radius 2 is 1.39 bits per heavy atom. The van der Waals surface area contributed by atoms with Crippen LogP contribution < -0.4 is 10.6 Å². The Kier molecular flexibility index (Phi) is 8.25. The van der Waals surface area contributed by atoms with Gasteiger partial charge in [0, 0.05) is 27.9 Å². The van der Waals surface area contributed by atoms with Crippen LogP contribution in [0.25, 0.3) is 22.0 Å². The summed E-state index contributed by atoms with van der Waals surface area (Å²) in [5.74, 6) is 6.17. The second-order valence-electron chi connectivity index (χ2n) is 11.9. The highest BCUT2D eigenvalue weighted by Gasteiger charge is 2.30. The lowest BCUT2D eigenvalue weighted by Gasteiger charge is -2.33. The Balaban J connectivity index is 1.12. The molecule has 0 radical (unpaired) electrons. The van der Waals surface area contributed by atoms with Gasteiger partial charge in [-0.05, 0) is 104 Å². The molecule has 0 bridgehead atoms. The van der Waals surface area contributed by atoms with Gasteiger partial charge in [0.2, 0.25) is 0 Å². The number of hydrogen-bond donors (Lipinski definition) is 2. The van der Waals surface area contributed by atoms with E-state index in [0.29, 0.717) is 11.5 Å². The van der Waals surface area contributed by atoms with E-state index in [0.717, 1.165) is 64.8 Å². The first kappa shape index (κ1) is 28.9. The summed E-state index contributed by atoms with van der Waals surface area (Å²) < 4.78 is 0. The van der Waals surface area contributed by atoms with Gasteiger partial charge in [-0.15, -0.1) is 0 Å². The van der Waals surface area contributed by atoms with Gasteiger partial charge >= 0.3 is 0 Å². The van der Waals surface area contributed by atoms with E-state index in [4.69, 9.17) is 4.98 Å². The molecule has 1 saturated carbocycles. The van der Waals surface area contributed by atoms with E-state index in [2.05, 4.69) is 65.8 Å². The molecule has 1 aromatic heterocycles. The highest BCUT2D eigenvalue weighted by atomic mass is 16.2. The molecule has 1 fully saturated rings. The molecule has 0 saturated heterocycles. The van der Waals surface area contributed by atoms with Gasteiger partial charge in [-0.3, -0.25) is 14.6 Å². The monoisotopic (exact) mass is 577 g/mol. The summed E-state index contributed by atoms with van der Waals surface area (Å²) >= 11 is 0. The molecule has 0 atom stereocenters. The lowest BCUT2D eigenvalue weighted by Crippen LogP contribution is -2.22. The first-order valence-corrected chi connectivity index (χ1v) is 15.1. The molecule has 2 N–H and O–H groups in total. The van der Waals surface area contributed by atoms with Crippen molar-refractivity contribution in [1.82, 2.24) is 4.98 Å². The van der Waals surface area contributed by atoms with Crippen LogP contribution in [0.5, 0.6) is 0 Å². The number of nitrogens with one attached hydrogen (secondary N) is 2. The van der Waals surface area contributed by atoms with Crippen molar-refractivity contribution in [3.05, 3.63) is 126 Å². The van der Waals surface area contributed by atoms with Crippen LogP contribution in [-0.2, 0) is 4.79 Å². The maximum atomic E-state index is 13.1. The van der Waals surface area contributed by atoms with Crippen LogP contribution in [-0.4, -0.2) is 16.8 Å². The summed E-state index contributed by atoms with van der Waals surface area (Å²) in [4.78, 5) is 30.2. The van der Waals surface area contributed by atoms with Gasteiger partial charge in [-0.2, -0.15) is 0 Å². The van der Waals surface area contributed by atoms with Crippen molar-refractivity contribution in [2.24, 2.45) is 5.41 Å². The van der Waals surface area contributed by atoms with Crippen molar-refractivity contribution < 1.29 is 9.59 Å². The molecule has 5 nitrogen and oxygen atoms in total. The van der Waals surface area contributed by atoms with Crippen molar-refractivity contribution in [2.45, 2.75) is 45.4 Å². The van der Waals surface area contributed by atoms with E-state index in [1.165, 1.54) is 5.56 Å². The Labute approximate surface area is 258 Å². The van der Waals surface area contributed by atoms with Gasteiger partial charge in [0.25, 0.3) is 11.8 Å². The molecule has 1 heterocycles. The fraction of sp³-hybridized carbons (Fsp3) is 0.205. The maximum Gasteiger partial charge on any atom is 0.300 e. The number of benzene rings is 4. The third-order valence-electron chi connectivity index (χ3n) is 8.53. The van der Waals surface area contributed by atoms with Crippen LogP contribution in [0.2, 0.25) is 0 Å². The lowest BCUT2D eigenvalue weighted by atomic mass is 9.70. The van der Waals surface area contributed by atoms with E-state index in [1.807, 2.05) is 79.7 Å². The van der Waals surface area contributed by atoms with Crippen molar-refractivity contribution in [1.29, 1.82) is 0 Å². The average Bonchev–Trinajstić information content (AvgIpc) is 3.04. The number of aromatic nitrogens is 1. The van der Waals surface area contributed by atoms with Crippen LogP contribution in [0.15, 0.2) is 109 Å². The van der Waals surface area contributed by atoms with Crippen LogP contribution >= 0.6 is 0 Å². The number of nitrogens with zero attached hydrogens (tertiary/aromatic N) is 1. The van der Waals surface area contributed by atoms with E-state index >= 15 is 0 Å². The predicted molar refractivity (Wildman–Crippen MR) is 178 cm³/mol. The molecule has 5 heteroatoms. The minimum Gasteiger partial charge on any atom is -0.322 e. The molecule has 5 aromatic rings. The highest BCUT2D eigenvalue weighted by molar-refractivity contribution is 6.12. The number of amides is 2. The zero-order valence-electron chi connectivity index (χ0n) is 25.1. The number of aryl methyl sites for hydroxylation is 1. The van der Waals surface area contributed by atoms with Gasteiger partial charge in [0.1, 0.15) is 0 Å². The topological polar surface area (TPSA) is 71.1 Å². The molecular formula is C39H35N3O2. The van der Waals surface area contributed by atoms with Crippen molar-refractivity contribution >= 4 is 34.1 Å². The molecule has 0 spiro atoms. The Bertz CT molecular complexity index is 1860. The van der Waals surface area contributed by atoms with E-state index in [1.54, 1.807) is 0 Å². The Hall–Kier alpha value is -5.21. The summed E-state index contributed by atoms with van der Waals surface area (Å²) in [5, 5.41) is 6.67. The fourth-order valence-electron chi connectivity index (χ4n) is 6.00. The Morgan fingerprint density at radius 3 is 2.05 bits per heavy atom. The summed E-state index contributed by atoms with van der Waals surface area (Å²) in [6.45, 7) is 4.09. The van der Waals surface area contributed by atoms with Gasteiger partial charge in [0.15, 0.2) is 0 Å². The molecule has 0 unspecified atom stereocenters. The number of anilines is 2. The van der Waals surface area contributed by atoms with Crippen LogP contribution in [0, 0.1) is 24.2 Å². The summed E-state index contributed by atoms with van der Waals surface area (Å²) in [5.41, 5.74) is 7.10. The lowest BCUT2D eigenvalue weighted by molar-refractivity contribution is -0.111. The fourth-order valence-corrected chi connectivity index (χ4v) is 6.00. The molecule has 4 aromatic carbocycles. The van der Waals surface area contributed by atoms with Crippen molar-refractivity contribution in [3.8, 4) is 23.0 Å². The van der Waals surface area contributed by atoms with Crippen molar-refractivity contribution in [3.63, 3.8) is 0 Å².